The number of nitrogens with zero attached hydrogens (tertiary/aromatic N) is 3. The summed E-state index contributed by atoms with van der Waals surface area (Å²) >= 11 is 0. The van der Waals surface area contributed by atoms with Gasteiger partial charge in [-0.15, -0.1) is 0 Å². The van der Waals surface area contributed by atoms with Crippen molar-refractivity contribution in [3.05, 3.63) is 23.8 Å². The summed E-state index contributed by atoms with van der Waals surface area (Å²) in [5, 5.41) is 2.42. The minimum absolute atomic E-state index is 0.115. The average molecular weight is 426 g/mol. The van der Waals surface area contributed by atoms with Crippen molar-refractivity contribution in [1.29, 1.82) is 0 Å². The van der Waals surface area contributed by atoms with E-state index < -0.39 is 17.8 Å². The topological polar surface area (TPSA) is 65.1 Å². The Balaban J connectivity index is 1.42. The molecule has 1 saturated carbocycles. The Morgan fingerprint density at radius 2 is 1.60 bits per heavy atom. The third-order valence-corrected chi connectivity index (χ3v) is 5.73. The molecule has 3 amide bonds. The first kappa shape index (κ1) is 20.8. The molecule has 10 heteroatoms. The quantitative estimate of drug-likeness (QED) is 0.807. The minimum Gasteiger partial charge on any atom is -0.378 e. The average Bonchev–Trinajstić information content (AvgIpc) is 3.59. The van der Waals surface area contributed by atoms with Crippen LogP contribution in [-0.2, 0) is 15.7 Å². The second-order valence-electron chi connectivity index (χ2n) is 7.84. The van der Waals surface area contributed by atoms with Crippen molar-refractivity contribution in [2.75, 3.05) is 62.7 Å². The first-order valence-electron chi connectivity index (χ1n) is 10.2. The van der Waals surface area contributed by atoms with E-state index in [2.05, 4.69) is 5.32 Å². The van der Waals surface area contributed by atoms with Crippen LogP contribution in [0.5, 0.6) is 0 Å². The first-order chi connectivity index (χ1) is 14.3. The highest BCUT2D eigenvalue weighted by Gasteiger charge is 2.37. The number of benzene rings is 1. The molecule has 1 N–H and O–H groups in total. The van der Waals surface area contributed by atoms with Gasteiger partial charge < -0.3 is 24.8 Å². The molecular formula is C20H25F3N4O3. The molecule has 1 aromatic rings. The predicted octanol–water partition coefficient (Wildman–Crippen LogP) is 2.63. The summed E-state index contributed by atoms with van der Waals surface area (Å²) in [6.07, 6.45) is -2.76. The molecular weight excluding hydrogens is 401 g/mol. The lowest BCUT2D eigenvalue weighted by molar-refractivity contribution is -0.137. The number of urea groups is 1. The predicted molar refractivity (Wildman–Crippen MR) is 104 cm³/mol. The van der Waals surface area contributed by atoms with E-state index in [1.165, 1.54) is 11.0 Å². The molecule has 3 aliphatic rings. The van der Waals surface area contributed by atoms with E-state index >= 15 is 0 Å². The Kier molecular flexibility index (Phi) is 5.77. The molecule has 3 fully saturated rings. The number of piperazine rings is 1. The molecule has 1 aliphatic carbocycles. The van der Waals surface area contributed by atoms with Gasteiger partial charge in [-0.05, 0) is 31.0 Å². The number of rotatable bonds is 3. The number of ether oxygens (including phenoxy) is 1. The third-order valence-electron chi connectivity index (χ3n) is 5.73. The molecule has 2 aliphatic heterocycles. The molecule has 30 heavy (non-hydrogen) atoms. The molecule has 0 spiro atoms. The van der Waals surface area contributed by atoms with Gasteiger partial charge in [0.05, 0.1) is 24.5 Å². The monoisotopic (exact) mass is 426 g/mol. The van der Waals surface area contributed by atoms with Gasteiger partial charge in [-0.1, -0.05) is 0 Å². The summed E-state index contributed by atoms with van der Waals surface area (Å²) in [5.41, 5.74) is -0.681. The van der Waals surface area contributed by atoms with Crippen LogP contribution < -0.4 is 10.2 Å². The smallest absolute Gasteiger partial charge is 0.378 e. The fraction of sp³-hybridized carbons (Fsp3) is 0.600. The van der Waals surface area contributed by atoms with Gasteiger partial charge in [0.25, 0.3) is 0 Å². The number of amides is 3. The number of anilines is 2. The highest BCUT2D eigenvalue weighted by atomic mass is 19.4. The second kappa shape index (κ2) is 8.33. The van der Waals surface area contributed by atoms with Crippen molar-refractivity contribution in [2.45, 2.75) is 19.0 Å². The molecule has 1 aromatic carbocycles. The zero-order valence-electron chi connectivity index (χ0n) is 16.6. The zero-order valence-corrected chi connectivity index (χ0v) is 16.6. The maximum atomic E-state index is 13.7. The van der Waals surface area contributed by atoms with Crippen LogP contribution in [0.15, 0.2) is 18.2 Å². The van der Waals surface area contributed by atoms with Gasteiger partial charge in [0.15, 0.2) is 0 Å². The molecule has 7 nitrogen and oxygen atoms in total. The van der Waals surface area contributed by atoms with E-state index in [1.807, 2.05) is 4.90 Å². The SMILES string of the molecule is O=C(Nc1ccc(N2CCOCC2)cc1C(F)(F)F)N1CCN(C(=O)C2CC2)CC1. The maximum Gasteiger partial charge on any atom is 0.418 e. The molecule has 0 unspecified atom stereocenters. The van der Waals surface area contributed by atoms with E-state index in [0.717, 1.165) is 18.9 Å². The largest absolute Gasteiger partial charge is 0.418 e. The lowest BCUT2D eigenvalue weighted by Crippen LogP contribution is -2.52. The molecule has 164 valence electrons. The number of alkyl halides is 3. The van der Waals surface area contributed by atoms with Crippen LogP contribution in [0.2, 0.25) is 0 Å². The first-order valence-corrected chi connectivity index (χ1v) is 10.2. The van der Waals surface area contributed by atoms with Crippen LogP contribution in [0.1, 0.15) is 18.4 Å². The number of carbonyl (C=O) groups is 2. The van der Waals surface area contributed by atoms with Crippen LogP contribution in [0, 0.1) is 5.92 Å². The van der Waals surface area contributed by atoms with Gasteiger partial charge in [-0.25, -0.2) is 4.79 Å². The van der Waals surface area contributed by atoms with Crippen LogP contribution >= 0.6 is 0 Å². The van der Waals surface area contributed by atoms with E-state index in [-0.39, 0.29) is 17.5 Å². The Morgan fingerprint density at radius 3 is 2.20 bits per heavy atom. The molecule has 0 bridgehead atoms. The summed E-state index contributed by atoms with van der Waals surface area (Å²) in [6.45, 7) is 3.40. The number of hydrogen-bond donors (Lipinski definition) is 1. The van der Waals surface area contributed by atoms with Gasteiger partial charge in [0.2, 0.25) is 5.91 Å². The fourth-order valence-electron chi connectivity index (χ4n) is 3.81. The lowest BCUT2D eigenvalue weighted by Gasteiger charge is -2.35. The van der Waals surface area contributed by atoms with Gasteiger partial charge in [0, 0.05) is 50.9 Å². The number of morpholine rings is 1. The van der Waals surface area contributed by atoms with Crippen molar-refractivity contribution < 1.29 is 27.5 Å². The molecule has 2 heterocycles. The van der Waals surface area contributed by atoms with Gasteiger partial charge in [0.1, 0.15) is 0 Å². The Bertz CT molecular complexity index is 799. The number of halogens is 3. The second-order valence-corrected chi connectivity index (χ2v) is 7.84. The van der Waals surface area contributed by atoms with Crippen molar-refractivity contribution in [3.63, 3.8) is 0 Å². The summed E-state index contributed by atoms with van der Waals surface area (Å²) in [7, 11) is 0. The summed E-state index contributed by atoms with van der Waals surface area (Å²) in [4.78, 5) is 29.7. The lowest BCUT2D eigenvalue weighted by atomic mass is 10.1. The Labute approximate surface area is 172 Å². The van der Waals surface area contributed by atoms with Crippen LogP contribution in [0.4, 0.5) is 29.3 Å². The maximum absolute atomic E-state index is 13.7. The zero-order chi connectivity index (χ0) is 21.3. The minimum atomic E-state index is -4.60. The van der Waals surface area contributed by atoms with Gasteiger partial charge in [-0.3, -0.25) is 4.79 Å². The van der Waals surface area contributed by atoms with E-state index in [0.29, 0.717) is 58.2 Å². The fourth-order valence-corrected chi connectivity index (χ4v) is 3.81. The Morgan fingerprint density at radius 1 is 0.967 bits per heavy atom. The van der Waals surface area contributed by atoms with Crippen molar-refractivity contribution in [3.8, 4) is 0 Å². The third kappa shape index (κ3) is 4.63. The molecule has 0 aromatic heterocycles. The van der Waals surface area contributed by atoms with E-state index in [4.69, 9.17) is 4.74 Å². The molecule has 4 rings (SSSR count). The van der Waals surface area contributed by atoms with Crippen molar-refractivity contribution in [1.82, 2.24) is 9.80 Å². The molecule has 0 atom stereocenters. The number of carbonyl (C=O) groups excluding carboxylic acids is 2. The summed E-state index contributed by atoms with van der Waals surface area (Å²) in [6, 6.07) is 3.38. The van der Waals surface area contributed by atoms with Gasteiger partial charge >= 0.3 is 12.2 Å². The highest BCUT2D eigenvalue weighted by molar-refractivity contribution is 5.91. The number of nitrogens with one attached hydrogen (secondary N) is 1. The summed E-state index contributed by atoms with van der Waals surface area (Å²) in [5.74, 6) is 0.234. The Hall–Kier alpha value is -2.49. The van der Waals surface area contributed by atoms with Crippen molar-refractivity contribution >= 4 is 23.3 Å². The summed E-state index contributed by atoms with van der Waals surface area (Å²) < 4.78 is 46.2. The van der Waals surface area contributed by atoms with Crippen LogP contribution in [0.25, 0.3) is 0 Å². The molecule has 0 radical (unpaired) electrons. The van der Waals surface area contributed by atoms with E-state index in [1.54, 1.807) is 11.0 Å². The number of hydrogen-bond acceptors (Lipinski definition) is 4. The van der Waals surface area contributed by atoms with Crippen LogP contribution in [-0.4, -0.2) is 74.2 Å². The molecule has 2 saturated heterocycles. The van der Waals surface area contributed by atoms with E-state index in [9.17, 15) is 22.8 Å². The van der Waals surface area contributed by atoms with Gasteiger partial charge in [-0.2, -0.15) is 13.2 Å². The highest BCUT2D eigenvalue weighted by Crippen LogP contribution is 2.38. The van der Waals surface area contributed by atoms with Crippen LogP contribution in [0.3, 0.4) is 0 Å². The van der Waals surface area contributed by atoms with Crippen molar-refractivity contribution in [2.24, 2.45) is 5.92 Å². The normalized spacial score (nSPS) is 20.3. The standard InChI is InChI=1S/C20H25F3N4O3/c21-20(22,23)16-13-15(25-9-11-30-12-10-25)3-4-17(16)24-19(29)27-7-5-26(6-8-27)18(28)14-1-2-14/h3-4,13-14H,1-2,5-12H2,(H,24,29).